The van der Waals surface area contributed by atoms with E-state index < -0.39 is 0 Å². The highest BCUT2D eigenvalue weighted by Gasteiger charge is 2.24. The van der Waals surface area contributed by atoms with Crippen LogP contribution in [-0.2, 0) is 6.54 Å². The zero-order chi connectivity index (χ0) is 11.9. The smallest absolute Gasteiger partial charge is 0.0291 e. The van der Waals surface area contributed by atoms with Gasteiger partial charge in [0.2, 0.25) is 0 Å². The van der Waals surface area contributed by atoms with Crippen molar-refractivity contribution < 1.29 is 0 Å². The van der Waals surface area contributed by atoms with E-state index in [0.717, 1.165) is 31.8 Å². The molecule has 1 heterocycles. The zero-order valence-electron chi connectivity index (χ0n) is 10.2. The van der Waals surface area contributed by atoms with Gasteiger partial charge in [-0.2, -0.15) is 0 Å². The molecule has 1 aromatic heterocycles. The van der Waals surface area contributed by atoms with Gasteiger partial charge in [-0.1, -0.05) is 13.8 Å². The van der Waals surface area contributed by atoms with Crippen molar-refractivity contribution in [3.63, 3.8) is 0 Å². The third-order valence-corrected chi connectivity index (χ3v) is 3.93. The van der Waals surface area contributed by atoms with Crippen molar-refractivity contribution in [1.82, 2.24) is 10.3 Å². The molecule has 0 aromatic carbocycles. The molecule has 2 nitrogen and oxygen atoms in total. The molecule has 0 aliphatic rings. The zero-order valence-corrected chi connectivity index (χ0v) is 10.9. The van der Waals surface area contributed by atoms with Gasteiger partial charge in [-0.3, -0.25) is 4.98 Å². The molecule has 0 amide bonds. The van der Waals surface area contributed by atoms with E-state index in [1.54, 1.807) is 0 Å². The van der Waals surface area contributed by atoms with Gasteiger partial charge in [0, 0.05) is 31.4 Å². The lowest BCUT2D eigenvalue weighted by atomic mass is 9.84. The van der Waals surface area contributed by atoms with Crippen molar-refractivity contribution in [3.05, 3.63) is 30.1 Å². The molecule has 0 saturated heterocycles. The second kappa shape index (κ2) is 6.87. The summed E-state index contributed by atoms with van der Waals surface area (Å²) in [4.78, 5) is 4.00. The van der Waals surface area contributed by atoms with Crippen molar-refractivity contribution in [2.24, 2.45) is 5.41 Å². The summed E-state index contributed by atoms with van der Waals surface area (Å²) >= 11 is 6.06. The van der Waals surface area contributed by atoms with Gasteiger partial charge in [-0.05, 0) is 36.0 Å². The fraction of sp³-hybridized carbons (Fsp3) is 0.615. The molecule has 0 saturated carbocycles. The summed E-state index contributed by atoms with van der Waals surface area (Å²) in [7, 11) is 0. The number of aromatic nitrogens is 1. The van der Waals surface area contributed by atoms with E-state index in [0.29, 0.717) is 0 Å². The lowest BCUT2D eigenvalue weighted by Crippen LogP contribution is -2.34. The second-order valence-corrected chi connectivity index (χ2v) is 4.57. The van der Waals surface area contributed by atoms with Crippen LogP contribution in [0.25, 0.3) is 0 Å². The number of pyridine rings is 1. The number of nitrogens with one attached hydrogen (secondary N) is 1. The number of hydrogen-bond donors (Lipinski definition) is 1. The molecule has 90 valence electrons. The molecule has 0 fully saturated rings. The molecule has 0 atom stereocenters. The van der Waals surface area contributed by atoms with Gasteiger partial charge in [0.15, 0.2) is 0 Å². The summed E-state index contributed by atoms with van der Waals surface area (Å²) in [5.74, 6) is 0.726. The van der Waals surface area contributed by atoms with Crippen molar-refractivity contribution in [2.75, 3.05) is 12.4 Å². The Morgan fingerprint density at radius 1 is 1.25 bits per heavy atom. The fourth-order valence-corrected chi connectivity index (χ4v) is 2.18. The Balaban J connectivity index is 2.39. The summed E-state index contributed by atoms with van der Waals surface area (Å²) in [6, 6.07) is 4.07. The second-order valence-electron chi connectivity index (χ2n) is 4.30. The van der Waals surface area contributed by atoms with Crippen LogP contribution in [0.1, 0.15) is 32.3 Å². The minimum absolute atomic E-state index is 0.245. The number of alkyl halides is 1. The van der Waals surface area contributed by atoms with E-state index in [1.807, 2.05) is 24.5 Å². The Morgan fingerprint density at radius 3 is 2.38 bits per heavy atom. The molecule has 0 unspecified atom stereocenters. The quantitative estimate of drug-likeness (QED) is 0.741. The van der Waals surface area contributed by atoms with Crippen LogP contribution in [0.3, 0.4) is 0 Å². The van der Waals surface area contributed by atoms with Gasteiger partial charge in [0.25, 0.3) is 0 Å². The van der Waals surface area contributed by atoms with Gasteiger partial charge in [0.05, 0.1) is 0 Å². The summed E-state index contributed by atoms with van der Waals surface area (Å²) in [6.07, 6.45) is 5.89. The molecule has 0 bridgehead atoms. The molecule has 16 heavy (non-hydrogen) atoms. The standard InChI is InChI=1S/C13H21ClN2/c1-3-13(4-2,10-14)11-16-9-12-5-7-15-8-6-12/h5-8,16H,3-4,9-11H2,1-2H3. The van der Waals surface area contributed by atoms with Gasteiger partial charge in [-0.15, -0.1) is 11.6 Å². The molecule has 0 aliphatic carbocycles. The molecule has 0 radical (unpaired) electrons. The van der Waals surface area contributed by atoms with Crippen LogP contribution < -0.4 is 5.32 Å². The lowest BCUT2D eigenvalue weighted by molar-refractivity contribution is 0.286. The van der Waals surface area contributed by atoms with Gasteiger partial charge >= 0.3 is 0 Å². The summed E-state index contributed by atoms with van der Waals surface area (Å²) in [5.41, 5.74) is 1.51. The third-order valence-electron chi connectivity index (χ3n) is 3.36. The first-order chi connectivity index (χ1) is 7.76. The molecule has 1 rings (SSSR count). The van der Waals surface area contributed by atoms with Crippen LogP contribution in [0.4, 0.5) is 0 Å². The van der Waals surface area contributed by atoms with E-state index in [2.05, 4.69) is 24.1 Å². The van der Waals surface area contributed by atoms with Gasteiger partial charge in [-0.25, -0.2) is 0 Å². The Bertz CT molecular complexity index is 275. The molecule has 3 heteroatoms. The van der Waals surface area contributed by atoms with E-state index in [9.17, 15) is 0 Å². The van der Waals surface area contributed by atoms with Crippen molar-refractivity contribution in [2.45, 2.75) is 33.2 Å². The molecule has 1 N–H and O–H groups in total. The average Bonchev–Trinajstić information content (AvgIpc) is 2.37. The SMILES string of the molecule is CCC(CC)(CCl)CNCc1ccncc1. The van der Waals surface area contributed by atoms with Crippen molar-refractivity contribution in [1.29, 1.82) is 0 Å². The lowest BCUT2D eigenvalue weighted by Gasteiger charge is -2.29. The molecular weight excluding hydrogens is 220 g/mol. The number of nitrogens with zero attached hydrogens (tertiary/aromatic N) is 1. The Kier molecular flexibility index (Phi) is 5.78. The summed E-state index contributed by atoms with van der Waals surface area (Å²) < 4.78 is 0. The van der Waals surface area contributed by atoms with Crippen LogP contribution >= 0.6 is 11.6 Å². The van der Waals surface area contributed by atoms with E-state index in [-0.39, 0.29) is 5.41 Å². The molecular formula is C13H21ClN2. The normalized spacial score (nSPS) is 11.7. The van der Waals surface area contributed by atoms with Crippen LogP contribution in [0.5, 0.6) is 0 Å². The molecule has 0 spiro atoms. The minimum Gasteiger partial charge on any atom is -0.312 e. The molecule has 1 aromatic rings. The van der Waals surface area contributed by atoms with Crippen LogP contribution in [0.15, 0.2) is 24.5 Å². The van der Waals surface area contributed by atoms with Crippen LogP contribution in [0.2, 0.25) is 0 Å². The number of rotatable bonds is 7. The monoisotopic (exact) mass is 240 g/mol. The largest absolute Gasteiger partial charge is 0.312 e. The van der Waals surface area contributed by atoms with Crippen molar-refractivity contribution >= 4 is 11.6 Å². The van der Waals surface area contributed by atoms with Gasteiger partial charge in [0.1, 0.15) is 0 Å². The first-order valence-corrected chi connectivity index (χ1v) is 6.45. The third kappa shape index (κ3) is 3.76. The number of hydrogen-bond acceptors (Lipinski definition) is 2. The Hall–Kier alpha value is -0.600. The Morgan fingerprint density at radius 2 is 1.88 bits per heavy atom. The van der Waals surface area contributed by atoms with Crippen molar-refractivity contribution in [3.8, 4) is 0 Å². The fourth-order valence-electron chi connectivity index (χ4n) is 1.71. The van der Waals surface area contributed by atoms with Gasteiger partial charge < -0.3 is 5.32 Å². The highest BCUT2D eigenvalue weighted by molar-refractivity contribution is 6.18. The highest BCUT2D eigenvalue weighted by atomic mass is 35.5. The van der Waals surface area contributed by atoms with E-state index in [4.69, 9.17) is 11.6 Å². The summed E-state index contributed by atoms with van der Waals surface area (Å²) in [5, 5.41) is 3.48. The highest BCUT2D eigenvalue weighted by Crippen LogP contribution is 2.26. The minimum atomic E-state index is 0.245. The Labute approximate surface area is 103 Å². The predicted molar refractivity (Wildman–Crippen MR) is 69.7 cm³/mol. The first kappa shape index (κ1) is 13.5. The maximum atomic E-state index is 6.06. The first-order valence-electron chi connectivity index (χ1n) is 5.92. The van der Waals surface area contributed by atoms with E-state index in [1.165, 1.54) is 5.56 Å². The predicted octanol–water partition coefficient (Wildman–Crippen LogP) is 3.22. The maximum Gasteiger partial charge on any atom is 0.0291 e. The van der Waals surface area contributed by atoms with Crippen LogP contribution in [0, 0.1) is 5.41 Å². The average molecular weight is 241 g/mol. The van der Waals surface area contributed by atoms with E-state index >= 15 is 0 Å². The number of halogens is 1. The van der Waals surface area contributed by atoms with Crippen LogP contribution in [-0.4, -0.2) is 17.4 Å². The topological polar surface area (TPSA) is 24.9 Å². The summed E-state index contributed by atoms with van der Waals surface area (Å²) in [6.45, 7) is 6.28. The maximum absolute atomic E-state index is 6.06. The molecule has 0 aliphatic heterocycles.